The van der Waals surface area contributed by atoms with Crippen LogP contribution in [0.4, 0.5) is 5.82 Å². The molecule has 0 unspecified atom stereocenters. The number of benzene rings is 1. The normalized spacial score (nSPS) is 15.4. The summed E-state index contributed by atoms with van der Waals surface area (Å²) in [5, 5.41) is 8.37. The monoisotopic (exact) mass is 362 g/mol. The van der Waals surface area contributed by atoms with E-state index in [9.17, 15) is 4.79 Å². The first kappa shape index (κ1) is 17.2. The van der Waals surface area contributed by atoms with Gasteiger partial charge in [-0.2, -0.15) is 0 Å². The molecule has 0 atom stereocenters. The van der Waals surface area contributed by atoms with Gasteiger partial charge in [-0.05, 0) is 25.5 Å². The fourth-order valence-corrected chi connectivity index (χ4v) is 3.38. The molecule has 0 spiro atoms. The number of piperazine rings is 1. The summed E-state index contributed by atoms with van der Waals surface area (Å²) in [7, 11) is 0. The Bertz CT molecular complexity index is 986. The number of hydrogen-bond donors (Lipinski definition) is 0. The maximum absolute atomic E-state index is 12.8. The molecule has 27 heavy (non-hydrogen) atoms. The van der Waals surface area contributed by atoms with Gasteiger partial charge in [-0.1, -0.05) is 30.3 Å². The highest BCUT2D eigenvalue weighted by atomic mass is 16.2. The van der Waals surface area contributed by atoms with Gasteiger partial charge in [-0.25, -0.2) is 4.98 Å². The summed E-state index contributed by atoms with van der Waals surface area (Å²) in [5.74, 6) is 1.74. The number of fused-ring (bicyclic) bond motifs is 1. The van der Waals surface area contributed by atoms with Crippen LogP contribution in [0.25, 0.3) is 11.7 Å². The molecule has 7 heteroatoms. The Labute approximate surface area is 158 Å². The summed E-state index contributed by atoms with van der Waals surface area (Å²) in [6.45, 7) is 6.57. The average Bonchev–Trinajstić information content (AvgIpc) is 3.09. The number of anilines is 1. The molecule has 2 aromatic heterocycles. The number of carbonyl (C=O) groups excluding carboxylic acids is 1. The van der Waals surface area contributed by atoms with Gasteiger partial charge in [-0.3, -0.25) is 9.20 Å². The van der Waals surface area contributed by atoms with Crippen molar-refractivity contribution in [3.05, 3.63) is 59.7 Å². The maximum Gasteiger partial charge on any atom is 0.249 e. The van der Waals surface area contributed by atoms with Crippen molar-refractivity contribution in [3.8, 4) is 0 Å². The lowest BCUT2D eigenvalue weighted by Crippen LogP contribution is -2.49. The topological polar surface area (TPSA) is 66.6 Å². The zero-order valence-electron chi connectivity index (χ0n) is 15.5. The fraction of sp³-hybridized carbons (Fsp3) is 0.300. The number of hydrogen-bond acceptors (Lipinski definition) is 5. The molecule has 0 aliphatic carbocycles. The Morgan fingerprint density at radius 2 is 1.81 bits per heavy atom. The Balaban J connectivity index is 1.45. The van der Waals surface area contributed by atoms with Crippen molar-refractivity contribution in [2.24, 2.45) is 0 Å². The predicted molar refractivity (Wildman–Crippen MR) is 104 cm³/mol. The molecule has 4 rings (SSSR count). The molecule has 1 fully saturated rings. The lowest BCUT2D eigenvalue weighted by molar-refractivity contribution is -0.127. The molecule has 138 valence electrons. The number of aryl methyl sites for hydroxylation is 1. The Kier molecular flexibility index (Phi) is 4.58. The largest absolute Gasteiger partial charge is 0.350 e. The molecule has 0 bridgehead atoms. The van der Waals surface area contributed by atoms with E-state index in [0.29, 0.717) is 13.1 Å². The summed E-state index contributed by atoms with van der Waals surface area (Å²) < 4.78 is 1.94. The van der Waals surface area contributed by atoms with E-state index < -0.39 is 0 Å². The molecular weight excluding hydrogens is 340 g/mol. The van der Waals surface area contributed by atoms with Crippen molar-refractivity contribution in [1.82, 2.24) is 24.5 Å². The van der Waals surface area contributed by atoms with Crippen LogP contribution in [0.2, 0.25) is 0 Å². The lowest BCUT2D eigenvalue weighted by Gasteiger charge is -2.35. The molecule has 0 N–H and O–H groups in total. The first-order chi connectivity index (χ1) is 13.1. The van der Waals surface area contributed by atoms with Gasteiger partial charge in [0.15, 0.2) is 5.82 Å². The van der Waals surface area contributed by atoms with Crippen molar-refractivity contribution in [3.63, 3.8) is 0 Å². The number of aromatic nitrogens is 4. The van der Waals surface area contributed by atoms with Crippen LogP contribution in [0, 0.1) is 6.92 Å². The Hall–Kier alpha value is -3.22. The fourth-order valence-electron chi connectivity index (χ4n) is 3.38. The zero-order valence-corrected chi connectivity index (χ0v) is 15.5. The highest BCUT2D eigenvalue weighted by Gasteiger charge is 2.24. The second kappa shape index (κ2) is 7.19. The van der Waals surface area contributed by atoms with Crippen LogP contribution in [0.5, 0.6) is 0 Å². The number of carbonyl (C=O) groups is 1. The molecule has 1 amide bonds. The molecule has 3 heterocycles. The van der Waals surface area contributed by atoms with Crippen LogP contribution >= 0.6 is 0 Å². The first-order valence-corrected chi connectivity index (χ1v) is 9.07. The number of nitrogens with zero attached hydrogens (tertiary/aromatic N) is 6. The predicted octanol–water partition coefficient (Wildman–Crippen LogP) is 2.18. The third-order valence-electron chi connectivity index (χ3n) is 4.87. The van der Waals surface area contributed by atoms with E-state index in [0.717, 1.165) is 41.5 Å². The van der Waals surface area contributed by atoms with E-state index in [1.165, 1.54) is 0 Å². The van der Waals surface area contributed by atoms with Crippen LogP contribution in [-0.2, 0) is 4.79 Å². The van der Waals surface area contributed by atoms with E-state index in [-0.39, 0.29) is 5.91 Å². The van der Waals surface area contributed by atoms with Crippen molar-refractivity contribution >= 4 is 23.4 Å². The van der Waals surface area contributed by atoms with Crippen LogP contribution in [0.1, 0.15) is 18.3 Å². The van der Waals surface area contributed by atoms with Crippen molar-refractivity contribution < 1.29 is 4.79 Å². The van der Waals surface area contributed by atoms with E-state index in [2.05, 4.69) is 20.1 Å². The van der Waals surface area contributed by atoms with Crippen molar-refractivity contribution in [1.29, 1.82) is 0 Å². The smallest absolute Gasteiger partial charge is 0.249 e. The number of amides is 1. The summed E-state index contributed by atoms with van der Waals surface area (Å²) in [6.07, 6.45) is 5.57. The van der Waals surface area contributed by atoms with Gasteiger partial charge in [0.2, 0.25) is 11.6 Å². The van der Waals surface area contributed by atoms with E-state index in [1.807, 2.05) is 65.8 Å². The van der Waals surface area contributed by atoms with Crippen LogP contribution in [0.15, 0.2) is 48.3 Å². The molecule has 0 saturated carbocycles. The summed E-state index contributed by atoms with van der Waals surface area (Å²) in [6, 6.07) is 9.92. The summed E-state index contributed by atoms with van der Waals surface area (Å²) in [5.41, 5.74) is 2.55. The quantitative estimate of drug-likeness (QED) is 0.668. The minimum Gasteiger partial charge on any atom is -0.350 e. The molecular formula is C20H22N6O. The van der Waals surface area contributed by atoms with Gasteiger partial charge in [0.1, 0.15) is 5.82 Å². The second-order valence-corrected chi connectivity index (χ2v) is 6.71. The van der Waals surface area contributed by atoms with Crippen LogP contribution in [-0.4, -0.2) is 56.6 Å². The Morgan fingerprint density at radius 1 is 1.07 bits per heavy atom. The molecule has 0 radical (unpaired) electrons. The standard InChI is InChI=1S/C20H22N6O/c1-15(14-17-6-4-3-5-7-17)20(27)25-12-10-24(11-13-25)18-19-23-22-16(2)26(19)9-8-21-18/h3-9,14H,10-13H2,1-2H3. The van der Waals surface area contributed by atoms with E-state index in [1.54, 1.807) is 6.20 Å². The van der Waals surface area contributed by atoms with Gasteiger partial charge in [-0.15, -0.1) is 10.2 Å². The summed E-state index contributed by atoms with van der Waals surface area (Å²) in [4.78, 5) is 21.3. The third kappa shape index (κ3) is 3.40. The second-order valence-electron chi connectivity index (χ2n) is 6.71. The zero-order chi connectivity index (χ0) is 18.8. The van der Waals surface area contributed by atoms with Crippen molar-refractivity contribution in [2.45, 2.75) is 13.8 Å². The van der Waals surface area contributed by atoms with E-state index >= 15 is 0 Å². The van der Waals surface area contributed by atoms with Gasteiger partial charge >= 0.3 is 0 Å². The minimum absolute atomic E-state index is 0.0861. The molecule has 1 aliphatic heterocycles. The molecule has 3 aromatic rings. The van der Waals surface area contributed by atoms with Gasteiger partial charge < -0.3 is 9.80 Å². The Morgan fingerprint density at radius 3 is 2.56 bits per heavy atom. The van der Waals surface area contributed by atoms with Crippen LogP contribution in [0.3, 0.4) is 0 Å². The maximum atomic E-state index is 12.8. The van der Waals surface area contributed by atoms with Gasteiger partial charge in [0.25, 0.3) is 0 Å². The third-order valence-corrected chi connectivity index (χ3v) is 4.87. The van der Waals surface area contributed by atoms with Gasteiger partial charge in [0, 0.05) is 44.1 Å². The average molecular weight is 362 g/mol. The molecule has 1 saturated heterocycles. The minimum atomic E-state index is 0.0861. The number of rotatable bonds is 3. The van der Waals surface area contributed by atoms with E-state index in [4.69, 9.17) is 0 Å². The molecule has 1 aliphatic rings. The highest BCUT2D eigenvalue weighted by molar-refractivity contribution is 5.97. The van der Waals surface area contributed by atoms with Gasteiger partial charge in [0.05, 0.1) is 0 Å². The first-order valence-electron chi connectivity index (χ1n) is 9.07. The summed E-state index contributed by atoms with van der Waals surface area (Å²) >= 11 is 0. The lowest BCUT2D eigenvalue weighted by atomic mass is 10.1. The van der Waals surface area contributed by atoms with Crippen molar-refractivity contribution in [2.75, 3.05) is 31.1 Å². The molecule has 7 nitrogen and oxygen atoms in total. The molecule has 1 aromatic carbocycles. The van der Waals surface area contributed by atoms with Crippen LogP contribution < -0.4 is 4.90 Å². The SMILES string of the molecule is CC(=Cc1ccccc1)C(=O)N1CCN(c2nccn3c(C)nnc23)CC1. The highest BCUT2D eigenvalue weighted by Crippen LogP contribution is 2.20.